The monoisotopic (exact) mass is 270 g/mol. The van der Waals surface area contributed by atoms with E-state index in [2.05, 4.69) is 10.2 Å². The second-order valence-corrected chi connectivity index (χ2v) is 4.95. The van der Waals surface area contributed by atoms with Crippen molar-refractivity contribution >= 4 is 11.3 Å². The quantitative estimate of drug-likeness (QED) is 0.751. The van der Waals surface area contributed by atoms with Crippen molar-refractivity contribution in [2.45, 2.75) is 0 Å². The Bertz CT molecular complexity index is 801. The molecule has 0 bridgehead atoms. The Morgan fingerprint density at radius 2 is 1.47 bits per heavy atom. The van der Waals surface area contributed by atoms with E-state index < -0.39 is 0 Å². The largest absolute Gasteiger partial charge is 0.271 e. The van der Waals surface area contributed by atoms with Crippen LogP contribution in [0.1, 0.15) is 0 Å². The van der Waals surface area contributed by atoms with Crippen molar-refractivity contribution in [3.63, 3.8) is 0 Å². The zero-order chi connectivity index (χ0) is 13.2. The molecule has 0 saturated carbocycles. The molecular formula is C14H10N2O2S. The van der Waals surface area contributed by atoms with E-state index in [0.717, 1.165) is 10.4 Å². The summed E-state index contributed by atoms with van der Waals surface area (Å²) in [6, 6.07) is 12.9. The zero-order valence-corrected chi connectivity index (χ0v) is 10.7. The van der Waals surface area contributed by atoms with E-state index in [9.17, 15) is 9.59 Å². The van der Waals surface area contributed by atoms with E-state index in [-0.39, 0.29) is 11.1 Å². The molecule has 2 heterocycles. The molecule has 0 aliphatic rings. The SMILES string of the molecule is O=c1[nH][nH]c(=O)c(-c2cccs2)c1-c1ccccc1. The topological polar surface area (TPSA) is 65.7 Å². The molecule has 0 saturated heterocycles. The fraction of sp³-hybridized carbons (Fsp3) is 0. The van der Waals surface area contributed by atoms with Crippen molar-refractivity contribution in [3.8, 4) is 21.6 Å². The fourth-order valence-electron chi connectivity index (χ4n) is 2.00. The third kappa shape index (κ3) is 2.04. The Balaban J connectivity index is 2.39. The van der Waals surface area contributed by atoms with Crippen LogP contribution in [0, 0.1) is 0 Å². The molecule has 94 valence electrons. The fourth-order valence-corrected chi connectivity index (χ4v) is 2.78. The van der Waals surface area contributed by atoms with Gasteiger partial charge in [-0.15, -0.1) is 11.3 Å². The highest BCUT2D eigenvalue weighted by atomic mass is 32.1. The Morgan fingerprint density at radius 3 is 2.11 bits per heavy atom. The highest BCUT2D eigenvalue weighted by Gasteiger charge is 2.16. The minimum Gasteiger partial charge on any atom is -0.267 e. The van der Waals surface area contributed by atoms with Gasteiger partial charge < -0.3 is 0 Å². The maximum absolute atomic E-state index is 12.1. The summed E-state index contributed by atoms with van der Waals surface area (Å²) in [4.78, 5) is 24.9. The molecule has 19 heavy (non-hydrogen) atoms. The Labute approximate surface area is 112 Å². The van der Waals surface area contributed by atoms with Gasteiger partial charge in [-0.25, -0.2) is 0 Å². The van der Waals surface area contributed by atoms with Gasteiger partial charge in [-0.05, 0) is 17.0 Å². The van der Waals surface area contributed by atoms with Crippen molar-refractivity contribution in [1.82, 2.24) is 10.2 Å². The summed E-state index contributed by atoms with van der Waals surface area (Å²) in [5, 5.41) is 6.64. The Morgan fingerprint density at radius 1 is 0.789 bits per heavy atom. The molecule has 0 atom stereocenters. The number of aromatic nitrogens is 2. The van der Waals surface area contributed by atoms with Gasteiger partial charge in [-0.3, -0.25) is 19.8 Å². The summed E-state index contributed by atoms with van der Waals surface area (Å²) < 4.78 is 0. The average Bonchev–Trinajstić information content (AvgIpc) is 2.96. The summed E-state index contributed by atoms with van der Waals surface area (Å²) >= 11 is 1.43. The minimum atomic E-state index is -0.297. The predicted molar refractivity (Wildman–Crippen MR) is 76.4 cm³/mol. The molecule has 3 aromatic rings. The first-order valence-corrected chi connectivity index (χ1v) is 6.59. The zero-order valence-electron chi connectivity index (χ0n) is 9.84. The molecule has 0 amide bonds. The van der Waals surface area contributed by atoms with Crippen LogP contribution in [-0.2, 0) is 0 Å². The van der Waals surface area contributed by atoms with E-state index in [1.54, 1.807) is 0 Å². The second-order valence-electron chi connectivity index (χ2n) is 4.00. The molecule has 0 radical (unpaired) electrons. The molecule has 0 spiro atoms. The number of hydrogen-bond donors (Lipinski definition) is 2. The number of rotatable bonds is 2. The smallest absolute Gasteiger partial charge is 0.267 e. The Hall–Kier alpha value is -2.40. The number of thiophene rings is 1. The second kappa shape index (κ2) is 4.70. The summed E-state index contributed by atoms with van der Waals surface area (Å²) in [7, 11) is 0. The van der Waals surface area contributed by atoms with E-state index in [0.29, 0.717) is 11.1 Å². The van der Waals surface area contributed by atoms with Gasteiger partial charge in [0, 0.05) is 4.88 Å². The van der Waals surface area contributed by atoms with Gasteiger partial charge >= 0.3 is 0 Å². The standard InChI is InChI=1S/C14H10N2O2S/c17-13-11(9-5-2-1-3-6-9)12(14(18)16-15-13)10-7-4-8-19-10/h1-8H,(H,15,17)(H,16,18). The number of hydrogen-bond acceptors (Lipinski definition) is 3. The van der Waals surface area contributed by atoms with Crippen molar-refractivity contribution in [2.75, 3.05) is 0 Å². The Kier molecular flexibility index (Phi) is 2.89. The van der Waals surface area contributed by atoms with E-state index >= 15 is 0 Å². The molecule has 0 fully saturated rings. The maximum Gasteiger partial charge on any atom is 0.271 e. The van der Waals surface area contributed by atoms with Crippen LogP contribution in [0.3, 0.4) is 0 Å². The van der Waals surface area contributed by atoms with Gasteiger partial charge in [0.25, 0.3) is 11.1 Å². The first-order valence-electron chi connectivity index (χ1n) is 5.71. The summed E-state index contributed by atoms with van der Waals surface area (Å²) in [6.45, 7) is 0. The normalized spacial score (nSPS) is 10.5. The highest BCUT2D eigenvalue weighted by molar-refractivity contribution is 7.13. The minimum absolute atomic E-state index is 0.291. The molecule has 0 unspecified atom stereocenters. The average molecular weight is 270 g/mol. The first-order chi connectivity index (χ1) is 9.27. The van der Waals surface area contributed by atoms with E-state index in [1.807, 2.05) is 47.8 Å². The van der Waals surface area contributed by atoms with Gasteiger partial charge in [0.2, 0.25) is 0 Å². The molecule has 2 aromatic heterocycles. The molecule has 2 N–H and O–H groups in total. The lowest BCUT2D eigenvalue weighted by molar-refractivity contribution is 0.959. The summed E-state index contributed by atoms with van der Waals surface area (Å²) in [5.41, 5.74) is 0.977. The van der Waals surface area contributed by atoms with Crippen LogP contribution < -0.4 is 11.1 Å². The molecule has 1 aromatic carbocycles. The lowest BCUT2D eigenvalue weighted by Crippen LogP contribution is -2.22. The van der Waals surface area contributed by atoms with Crippen LogP contribution in [0.25, 0.3) is 21.6 Å². The number of aromatic amines is 2. The van der Waals surface area contributed by atoms with Gasteiger partial charge in [0.15, 0.2) is 0 Å². The van der Waals surface area contributed by atoms with Crippen LogP contribution in [-0.4, -0.2) is 10.2 Å². The van der Waals surface area contributed by atoms with E-state index in [4.69, 9.17) is 0 Å². The van der Waals surface area contributed by atoms with Gasteiger partial charge in [-0.1, -0.05) is 36.4 Å². The van der Waals surface area contributed by atoms with Gasteiger partial charge in [-0.2, -0.15) is 0 Å². The van der Waals surface area contributed by atoms with Crippen LogP contribution in [0.5, 0.6) is 0 Å². The van der Waals surface area contributed by atoms with Crippen molar-refractivity contribution in [1.29, 1.82) is 0 Å². The van der Waals surface area contributed by atoms with E-state index in [1.165, 1.54) is 11.3 Å². The first kappa shape index (κ1) is 11.7. The van der Waals surface area contributed by atoms with Gasteiger partial charge in [0.1, 0.15) is 0 Å². The van der Waals surface area contributed by atoms with Crippen LogP contribution >= 0.6 is 11.3 Å². The third-order valence-electron chi connectivity index (χ3n) is 2.82. The number of nitrogens with one attached hydrogen (secondary N) is 2. The lowest BCUT2D eigenvalue weighted by atomic mass is 10.0. The molecule has 4 nitrogen and oxygen atoms in total. The molecule has 3 rings (SSSR count). The summed E-state index contributed by atoms with van der Waals surface area (Å²) in [5.74, 6) is 0. The van der Waals surface area contributed by atoms with Crippen molar-refractivity contribution in [3.05, 3.63) is 68.6 Å². The third-order valence-corrected chi connectivity index (χ3v) is 3.71. The highest BCUT2D eigenvalue weighted by Crippen LogP contribution is 2.28. The van der Waals surface area contributed by atoms with Gasteiger partial charge in [0.05, 0.1) is 11.1 Å². The predicted octanol–water partition coefficient (Wildman–Crippen LogP) is 2.46. The van der Waals surface area contributed by atoms with Crippen LogP contribution in [0.15, 0.2) is 57.4 Å². The number of H-pyrrole nitrogens is 2. The van der Waals surface area contributed by atoms with Crippen LogP contribution in [0.2, 0.25) is 0 Å². The summed E-state index contributed by atoms with van der Waals surface area (Å²) in [6.07, 6.45) is 0. The number of benzene rings is 1. The molecule has 0 aliphatic carbocycles. The lowest BCUT2D eigenvalue weighted by Gasteiger charge is -2.05. The maximum atomic E-state index is 12.1. The van der Waals surface area contributed by atoms with Crippen LogP contribution in [0.4, 0.5) is 0 Å². The van der Waals surface area contributed by atoms with Crippen molar-refractivity contribution < 1.29 is 0 Å². The molecule has 0 aliphatic heterocycles. The molecular weight excluding hydrogens is 260 g/mol. The molecule has 5 heteroatoms. The van der Waals surface area contributed by atoms with Crippen molar-refractivity contribution in [2.24, 2.45) is 0 Å².